The van der Waals surface area contributed by atoms with E-state index in [-0.39, 0.29) is 5.91 Å². The van der Waals surface area contributed by atoms with E-state index >= 15 is 0 Å². The Hall–Kier alpha value is -1.84. The minimum absolute atomic E-state index is 0.0919. The number of aliphatic imine (C=N–C) groups is 1. The Morgan fingerprint density at radius 3 is 2.58 bits per heavy atom. The third-order valence-electron chi connectivity index (χ3n) is 3.47. The van der Waals surface area contributed by atoms with Crippen LogP contribution in [-0.4, -0.2) is 36.8 Å². The normalized spacial score (nSPS) is 16.3. The average Bonchev–Trinajstić information content (AvgIpc) is 2.48. The third-order valence-corrected chi connectivity index (χ3v) is 3.47. The number of rotatable bonds is 2. The van der Waals surface area contributed by atoms with Crippen molar-refractivity contribution >= 4 is 17.4 Å². The molecule has 0 aromatic heterocycles. The third kappa shape index (κ3) is 3.34. The van der Waals surface area contributed by atoms with Crippen molar-refractivity contribution in [1.82, 2.24) is 10.2 Å². The quantitative estimate of drug-likeness (QED) is 0.655. The first kappa shape index (κ1) is 13.6. The Labute approximate surface area is 114 Å². The summed E-state index contributed by atoms with van der Waals surface area (Å²) in [5, 5.41) is 2.65. The van der Waals surface area contributed by atoms with Crippen molar-refractivity contribution in [3.05, 3.63) is 29.8 Å². The van der Waals surface area contributed by atoms with Gasteiger partial charge in [-0.1, -0.05) is 12.1 Å². The number of piperidine rings is 1. The second-order valence-electron chi connectivity index (χ2n) is 4.80. The van der Waals surface area contributed by atoms with E-state index in [2.05, 4.69) is 15.2 Å². The number of carbonyl (C=O) groups is 1. The molecule has 1 aliphatic rings. The SMILES string of the molecule is CNC(=O)c1ccccc1N=C(C)N1CCCCC1. The van der Waals surface area contributed by atoms with Crippen LogP contribution >= 0.6 is 0 Å². The number of nitrogens with one attached hydrogen (secondary N) is 1. The van der Waals surface area contributed by atoms with Gasteiger partial charge in [0.05, 0.1) is 11.3 Å². The molecule has 0 atom stereocenters. The predicted molar refractivity (Wildman–Crippen MR) is 78.0 cm³/mol. The second kappa shape index (κ2) is 6.36. The Kier molecular flexibility index (Phi) is 4.55. The number of hydrogen-bond acceptors (Lipinski definition) is 2. The summed E-state index contributed by atoms with van der Waals surface area (Å²) in [6, 6.07) is 7.47. The lowest BCUT2D eigenvalue weighted by Crippen LogP contribution is -2.33. The molecule has 1 amide bonds. The largest absolute Gasteiger partial charge is 0.360 e. The highest BCUT2D eigenvalue weighted by Crippen LogP contribution is 2.20. The molecular formula is C15H21N3O. The molecule has 2 rings (SSSR count). The molecule has 4 nitrogen and oxygen atoms in total. The lowest BCUT2D eigenvalue weighted by molar-refractivity contribution is 0.0964. The van der Waals surface area contributed by atoms with Gasteiger partial charge in [0, 0.05) is 20.1 Å². The van der Waals surface area contributed by atoms with Crippen LogP contribution in [-0.2, 0) is 0 Å². The molecule has 19 heavy (non-hydrogen) atoms. The molecule has 1 saturated heterocycles. The molecule has 0 unspecified atom stereocenters. The van der Waals surface area contributed by atoms with E-state index in [1.54, 1.807) is 13.1 Å². The first-order valence-corrected chi connectivity index (χ1v) is 6.83. The molecule has 0 spiro atoms. The average molecular weight is 259 g/mol. The summed E-state index contributed by atoms with van der Waals surface area (Å²) in [7, 11) is 1.64. The van der Waals surface area contributed by atoms with Crippen molar-refractivity contribution in [3.63, 3.8) is 0 Å². The summed E-state index contributed by atoms with van der Waals surface area (Å²) < 4.78 is 0. The lowest BCUT2D eigenvalue weighted by atomic mass is 10.1. The monoisotopic (exact) mass is 259 g/mol. The summed E-state index contributed by atoms with van der Waals surface area (Å²) in [4.78, 5) is 18.7. The van der Waals surface area contributed by atoms with E-state index in [4.69, 9.17) is 0 Å². The van der Waals surface area contributed by atoms with Crippen LogP contribution in [0.4, 0.5) is 5.69 Å². The molecule has 1 N–H and O–H groups in total. The molecule has 1 heterocycles. The van der Waals surface area contributed by atoms with Crippen molar-refractivity contribution < 1.29 is 4.79 Å². The van der Waals surface area contributed by atoms with Crippen molar-refractivity contribution in [1.29, 1.82) is 0 Å². The Bertz CT molecular complexity index is 476. The van der Waals surface area contributed by atoms with Gasteiger partial charge in [-0.25, -0.2) is 4.99 Å². The molecule has 1 aliphatic heterocycles. The van der Waals surface area contributed by atoms with Gasteiger partial charge in [-0.2, -0.15) is 0 Å². The summed E-state index contributed by atoms with van der Waals surface area (Å²) in [5.74, 6) is 0.904. The topological polar surface area (TPSA) is 44.7 Å². The molecular weight excluding hydrogens is 238 g/mol. The van der Waals surface area contributed by atoms with Gasteiger partial charge in [0.25, 0.3) is 5.91 Å². The van der Waals surface area contributed by atoms with Crippen LogP contribution < -0.4 is 5.32 Å². The Balaban J connectivity index is 2.23. The van der Waals surface area contributed by atoms with E-state index in [1.165, 1.54) is 19.3 Å². The summed E-state index contributed by atoms with van der Waals surface area (Å²) >= 11 is 0. The van der Waals surface area contributed by atoms with E-state index < -0.39 is 0 Å². The van der Waals surface area contributed by atoms with Gasteiger partial charge < -0.3 is 10.2 Å². The molecule has 102 valence electrons. The van der Waals surface area contributed by atoms with Crippen LogP contribution in [0.5, 0.6) is 0 Å². The Morgan fingerprint density at radius 2 is 1.89 bits per heavy atom. The highest BCUT2D eigenvalue weighted by atomic mass is 16.1. The van der Waals surface area contributed by atoms with E-state index in [0.717, 1.165) is 24.6 Å². The summed E-state index contributed by atoms with van der Waals surface area (Å²) in [6.07, 6.45) is 3.76. The summed E-state index contributed by atoms with van der Waals surface area (Å²) in [6.45, 7) is 4.15. The van der Waals surface area contributed by atoms with Crippen LogP contribution in [0.15, 0.2) is 29.3 Å². The van der Waals surface area contributed by atoms with Gasteiger partial charge in [0.2, 0.25) is 0 Å². The van der Waals surface area contributed by atoms with Crippen LogP contribution in [0.3, 0.4) is 0 Å². The first-order valence-electron chi connectivity index (χ1n) is 6.83. The minimum atomic E-state index is -0.0919. The van der Waals surface area contributed by atoms with Crippen molar-refractivity contribution in [3.8, 4) is 0 Å². The van der Waals surface area contributed by atoms with Crippen LogP contribution in [0.25, 0.3) is 0 Å². The maximum atomic E-state index is 11.8. The number of benzene rings is 1. The number of amidine groups is 1. The Morgan fingerprint density at radius 1 is 1.21 bits per heavy atom. The highest BCUT2D eigenvalue weighted by molar-refractivity contribution is 6.00. The van der Waals surface area contributed by atoms with Crippen LogP contribution in [0.2, 0.25) is 0 Å². The molecule has 0 aliphatic carbocycles. The van der Waals surface area contributed by atoms with Gasteiger partial charge >= 0.3 is 0 Å². The smallest absolute Gasteiger partial charge is 0.253 e. The standard InChI is InChI=1S/C15H21N3O/c1-12(18-10-6-3-7-11-18)17-14-9-5-4-8-13(14)15(19)16-2/h4-5,8-9H,3,6-7,10-11H2,1-2H3,(H,16,19). The zero-order valence-corrected chi connectivity index (χ0v) is 11.6. The first-order chi connectivity index (χ1) is 9.22. The molecule has 0 saturated carbocycles. The molecule has 0 radical (unpaired) electrons. The van der Waals surface area contributed by atoms with E-state index in [9.17, 15) is 4.79 Å². The zero-order valence-electron chi connectivity index (χ0n) is 11.6. The predicted octanol–water partition coefficient (Wildman–Crippen LogP) is 2.58. The fourth-order valence-corrected chi connectivity index (χ4v) is 2.36. The summed E-state index contributed by atoms with van der Waals surface area (Å²) in [5.41, 5.74) is 1.37. The number of para-hydroxylation sites is 1. The van der Waals surface area contributed by atoms with Crippen molar-refractivity contribution in [2.45, 2.75) is 26.2 Å². The highest BCUT2D eigenvalue weighted by Gasteiger charge is 2.13. The van der Waals surface area contributed by atoms with E-state index in [1.807, 2.05) is 25.1 Å². The van der Waals surface area contributed by atoms with Crippen molar-refractivity contribution in [2.24, 2.45) is 4.99 Å². The molecule has 1 aromatic rings. The fraction of sp³-hybridized carbons (Fsp3) is 0.467. The van der Waals surface area contributed by atoms with Crippen LogP contribution in [0.1, 0.15) is 36.5 Å². The molecule has 0 bridgehead atoms. The number of carbonyl (C=O) groups excluding carboxylic acids is 1. The minimum Gasteiger partial charge on any atom is -0.360 e. The van der Waals surface area contributed by atoms with E-state index in [0.29, 0.717) is 5.56 Å². The van der Waals surface area contributed by atoms with Gasteiger partial charge in [-0.15, -0.1) is 0 Å². The van der Waals surface area contributed by atoms with Crippen LogP contribution in [0, 0.1) is 0 Å². The van der Waals surface area contributed by atoms with Gasteiger partial charge in [0.15, 0.2) is 0 Å². The second-order valence-corrected chi connectivity index (χ2v) is 4.80. The van der Waals surface area contributed by atoms with Gasteiger partial charge in [-0.05, 0) is 38.3 Å². The maximum absolute atomic E-state index is 11.8. The number of hydrogen-bond donors (Lipinski definition) is 1. The number of amides is 1. The number of nitrogens with zero attached hydrogens (tertiary/aromatic N) is 2. The molecule has 1 aromatic carbocycles. The zero-order chi connectivity index (χ0) is 13.7. The lowest BCUT2D eigenvalue weighted by Gasteiger charge is -2.28. The van der Waals surface area contributed by atoms with Gasteiger partial charge in [-0.3, -0.25) is 4.79 Å². The maximum Gasteiger partial charge on any atom is 0.253 e. The number of likely N-dealkylation sites (tertiary alicyclic amines) is 1. The van der Waals surface area contributed by atoms with Gasteiger partial charge in [0.1, 0.15) is 5.84 Å². The fourth-order valence-electron chi connectivity index (χ4n) is 2.36. The molecule has 4 heteroatoms. The molecule has 1 fully saturated rings. The van der Waals surface area contributed by atoms with Crippen molar-refractivity contribution in [2.75, 3.05) is 20.1 Å².